The summed E-state index contributed by atoms with van der Waals surface area (Å²) in [4.78, 5) is 7.87. The Labute approximate surface area is 115 Å². The number of anilines is 1. The molecule has 0 radical (unpaired) electrons. The van der Waals surface area contributed by atoms with Crippen molar-refractivity contribution in [2.75, 3.05) is 5.73 Å². The van der Waals surface area contributed by atoms with Crippen LogP contribution in [0, 0.1) is 17.5 Å². The van der Waals surface area contributed by atoms with Gasteiger partial charge in [-0.1, -0.05) is 11.6 Å². The van der Waals surface area contributed by atoms with Gasteiger partial charge in [0.15, 0.2) is 17.3 Å². The van der Waals surface area contributed by atoms with Gasteiger partial charge in [0.2, 0.25) is 5.95 Å². The van der Waals surface area contributed by atoms with Crippen LogP contribution < -0.4 is 5.73 Å². The molecule has 20 heavy (non-hydrogen) atoms. The van der Waals surface area contributed by atoms with E-state index in [9.17, 15) is 13.2 Å². The Morgan fingerprint density at radius 3 is 2.40 bits per heavy atom. The fraction of sp³-hybridized carbons (Fsp3) is 0. The maximum absolute atomic E-state index is 13.8. The Bertz CT molecular complexity index is 808. The number of nitrogen functional groups attached to an aromatic ring is 1. The van der Waals surface area contributed by atoms with Crippen LogP contribution >= 0.6 is 11.6 Å². The van der Waals surface area contributed by atoms with Gasteiger partial charge in [-0.25, -0.2) is 23.1 Å². The number of nitrogens with zero attached hydrogens (tertiary/aromatic N) is 3. The summed E-state index contributed by atoms with van der Waals surface area (Å²) in [5, 5.41) is 0.308. The summed E-state index contributed by atoms with van der Waals surface area (Å²) in [6.07, 6.45) is 1.29. The van der Waals surface area contributed by atoms with E-state index >= 15 is 0 Å². The van der Waals surface area contributed by atoms with E-state index in [2.05, 4.69) is 9.97 Å². The van der Waals surface area contributed by atoms with Gasteiger partial charge in [0.25, 0.3) is 0 Å². The predicted octanol–water partition coefficient (Wildman–Crippen LogP) is 3.07. The molecule has 0 saturated carbocycles. The molecule has 0 atom stereocenters. The molecular formula is C12H6ClF3N4. The van der Waals surface area contributed by atoms with E-state index in [1.165, 1.54) is 12.3 Å². The summed E-state index contributed by atoms with van der Waals surface area (Å²) in [6, 6.07) is 2.56. The maximum atomic E-state index is 13.8. The van der Waals surface area contributed by atoms with Gasteiger partial charge in [-0.05, 0) is 6.07 Å². The second-order valence-corrected chi connectivity index (χ2v) is 4.46. The third-order valence-corrected chi connectivity index (χ3v) is 2.90. The van der Waals surface area contributed by atoms with Crippen molar-refractivity contribution in [3.05, 3.63) is 46.9 Å². The van der Waals surface area contributed by atoms with E-state index in [0.29, 0.717) is 17.2 Å². The topological polar surface area (TPSA) is 56.7 Å². The molecule has 0 fully saturated rings. The van der Waals surface area contributed by atoms with Crippen molar-refractivity contribution in [2.24, 2.45) is 0 Å². The molecule has 0 spiro atoms. The molecule has 0 bridgehead atoms. The zero-order valence-corrected chi connectivity index (χ0v) is 10.5. The molecule has 102 valence electrons. The number of nitrogens with two attached hydrogens (primary N) is 1. The fourth-order valence-corrected chi connectivity index (χ4v) is 2.08. The minimum Gasteiger partial charge on any atom is -0.369 e. The average molecular weight is 299 g/mol. The second-order valence-electron chi connectivity index (χ2n) is 4.02. The van der Waals surface area contributed by atoms with Gasteiger partial charge in [0.05, 0.1) is 5.02 Å². The van der Waals surface area contributed by atoms with Crippen LogP contribution in [-0.4, -0.2) is 14.5 Å². The summed E-state index contributed by atoms with van der Waals surface area (Å²) in [6.45, 7) is 0. The standard InChI is InChI=1S/C12H6ClF3N4/c13-5-1-9-11(18-4-5)20(12(17)19-9)10-7(15)2-6(14)3-8(10)16/h1-4H,(H2,17,19). The van der Waals surface area contributed by atoms with Gasteiger partial charge >= 0.3 is 0 Å². The highest BCUT2D eigenvalue weighted by Gasteiger charge is 2.19. The minimum atomic E-state index is -1.11. The van der Waals surface area contributed by atoms with Crippen LogP contribution in [0.4, 0.5) is 19.1 Å². The summed E-state index contributed by atoms with van der Waals surface area (Å²) in [5.74, 6) is -3.42. The first-order chi connectivity index (χ1) is 9.47. The van der Waals surface area contributed by atoms with Gasteiger partial charge in [0.1, 0.15) is 17.0 Å². The van der Waals surface area contributed by atoms with Crippen LogP contribution in [0.25, 0.3) is 16.9 Å². The van der Waals surface area contributed by atoms with Crippen molar-refractivity contribution in [3.63, 3.8) is 0 Å². The van der Waals surface area contributed by atoms with Gasteiger partial charge in [-0.2, -0.15) is 0 Å². The number of fused-ring (bicyclic) bond motifs is 1. The second kappa shape index (κ2) is 4.38. The largest absolute Gasteiger partial charge is 0.369 e. The smallest absolute Gasteiger partial charge is 0.207 e. The highest BCUT2D eigenvalue weighted by atomic mass is 35.5. The molecule has 2 heterocycles. The van der Waals surface area contributed by atoms with Gasteiger partial charge in [-0.15, -0.1) is 0 Å². The lowest BCUT2D eigenvalue weighted by Crippen LogP contribution is -2.07. The Morgan fingerprint density at radius 2 is 1.75 bits per heavy atom. The Kier molecular flexibility index (Phi) is 2.79. The van der Waals surface area contributed by atoms with Crippen molar-refractivity contribution in [1.29, 1.82) is 0 Å². The van der Waals surface area contributed by atoms with E-state index < -0.39 is 23.1 Å². The molecule has 0 aliphatic heterocycles. The molecule has 0 saturated heterocycles. The maximum Gasteiger partial charge on any atom is 0.207 e. The van der Waals surface area contributed by atoms with E-state index in [1.54, 1.807) is 0 Å². The van der Waals surface area contributed by atoms with E-state index in [4.69, 9.17) is 17.3 Å². The Morgan fingerprint density at radius 1 is 1.10 bits per heavy atom. The Balaban J connectivity index is 2.38. The first kappa shape index (κ1) is 12.7. The van der Waals surface area contributed by atoms with E-state index in [0.717, 1.165) is 4.57 Å². The van der Waals surface area contributed by atoms with E-state index in [1.807, 2.05) is 0 Å². The molecule has 0 aliphatic carbocycles. The fourth-order valence-electron chi connectivity index (χ4n) is 1.93. The van der Waals surface area contributed by atoms with Crippen molar-refractivity contribution in [2.45, 2.75) is 0 Å². The lowest BCUT2D eigenvalue weighted by atomic mass is 10.2. The SMILES string of the molecule is Nc1nc2cc(Cl)cnc2n1-c1c(F)cc(F)cc1F. The summed E-state index contributed by atoms with van der Waals surface area (Å²) in [5.41, 5.74) is 5.51. The predicted molar refractivity (Wildman–Crippen MR) is 68.2 cm³/mol. The van der Waals surface area contributed by atoms with Crippen LogP contribution in [0.15, 0.2) is 24.4 Å². The van der Waals surface area contributed by atoms with Crippen molar-refractivity contribution < 1.29 is 13.2 Å². The number of rotatable bonds is 1. The number of hydrogen-bond acceptors (Lipinski definition) is 3. The number of pyridine rings is 1. The molecule has 4 nitrogen and oxygen atoms in total. The molecule has 2 N–H and O–H groups in total. The molecule has 2 aromatic heterocycles. The normalized spacial score (nSPS) is 11.2. The number of aromatic nitrogens is 3. The van der Waals surface area contributed by atoms with Crippen LogP contribution in [0.5, 0.6) is 0 Å². The highest BCUT2D eigenvalue weighted by molar-refractivity contribution is 6.31. The zero-order valence-electron chi connectivity index (χ0n) is 9.74. The molecular weight excluding hydrogens is 293 g/mol. The van der Waals surface area contributed by atoms with Crippen LogP contribution in [0.2, 0.25) is 5.02 Å². The highest BCUT2D eigenvalue weighted by Crippen LogP contribution is 2.27. The molecule has 8 heteroatoms. The lowest BCUT2D eigenvalue weighted by Gasteiger charge is -2.08. The average Bonchev–Trinajstić information content (AvgIpc) is 2.64. The quantitative estimate of drug-likeness (QED) is 0.751. The number of benzene rings is 1. The van der Waals surface area contributed by atoms with E-state index in [-0.39, 0.29) is 17.1 Å². The summed E-state index contributed by atoms with van der Waals surface area (Å²) < 4.78 is 41.6. The zero-order chi connectivity index (χ0) is 14.4. The third kappa shape index (κ3) is 1.87. The molecule has 3 rings (SSSR count). The molecule has 0 unspecified atom stereocenters. The summed E-state index contributed by atoms with van der Waals surface area (Å²) >= 11 is 5.76. The first-order valence-electron chi connectivity index (χ1n) is 5.42. The number of imidazole rings is 1. The molecule has 3 aromatic rings. The van der Waals surface area contributed by atoms with Gasteiger partial charge < -0.3 is 5.73 Å². The van der Waals surface area contributed by atoms with Crippen LogP contribution in [0.1, 0.15) is 0 Å². The first-order valence-corrected chi connectivity index (χ1v) is 5.79. The molecule has 0 aliphatic rings. The molecule has 0 amide bonds. The monoisotopic (exact) mass is 298 g/mol. The number of hydrogen-bond donors (Lipinski definition) is 1. The van der Waals surface area contributed by atoms with Gasteiger partial charge in [0, 0.05) is 18.3 Å². The third-order valence-electron chi connectivity index (χ3n) is 2.70. The molecule has 1 aromatic carbocycles. The minimum absolute atomic E-state index is 0.122. The van der Waals surface area contributed by atoms with Crippen LogP contribution in [0.3, 0.4) is 0 Å². The van der Waals surface area contributed by atoms with Crippen molar-refractivity contribution in [1.82, 2.24) is 14.5 Å². The number of halogens is 4. The lowest BCUT2D eigenvalue weighted by molar-refractivity contribution is 0.535. The summed E-state index contributed by atoms with van der Waals surface area (Å²) in [7, 11) is 0. The van der Waals surface area contributed by atoms with Gasteiger partial charge in [-0.3, -0.25) is 4.57 Å². The Hall–Kier alpha value is -2.28. The van der Waals surface area contributed by atoms with Crippen molar-refractivity contribution in [3.8, 4) is 5.69 Å². The van der Waals surface area contributed by atoms with Crippen molar-refractivity contribution >= 4 is 28.7 Å². The van der Waals surface area contributed by atoms with Crippen LogP contribution in [-0.2, 0) is 0 Å².